The van der Waals surface area contributed by atoms with E-state index in [-0.39, 0.29) is 18.0 Å². The molecular formula is C26H23N3O4. The second-order valence-corrected chi connectivity index (χ2v) is 7.80. The molecule has 0 fully saturated rings. The van der Waals surface area contributed by atoms with Crippen molar-refractivity contribution in [2.75, 3.05) is 12.4 Å². The molecule has 1 amide bonds. The van der Waals surface area contributed by atoms with Gasteiger partial charge < -0.3 is 14.6 Å². The molecule has 0 atom stereocenters. The average Bonchev–Trinajstić information content (AvgIpc) is 2.83. The maximum absolute atomic E-state index is 13.2. The number of rotatable bonds is 6. The summed E-state index contributed by atoms with van der Waals surface area (Å²) in [6.45, 7) is 3.90. The van der Waals surface area contributed by atoms with E-state index in [0.29, 0.717) is 27.9 Å². The Balaban J connectivity index is 1.76. The van der Waals surface area contributed by atoms with Gasteiger partial charge in [0.05, 0.1) is 23.6 Å². The van der Waals surface area contributed by atoms with Gasteiger partial charge in [-0.3, -0.25) is 19.4 Å². The molecule has 1 N–H and O–H groups in total. The van der Waals surface area contributed by atoms with E-state index in [0.717, 1.165) is 11.1 Å². The van der Waals surface area contributed by atoms with Crippen LogP contribution >= 0.6 is 0 Å². The number of ether oxygens (including phenoxy) is 1. The number of pyridine rings is 2. The Morgan fingerprint density at radius 1 is 1.00 bits per heavy atom. The lowest BCUT2D eigenvalue weighted by Gasteiger charge is -2.14. The molecule has 7 heteroatoms. The van der Waals surface area contributed by atoms with E-state index in [1.807, 2.05) is 32.0 Å². The molecule has 7 nitrogen and oxygen atoms in total. The molecule has 2 heterocycles. The van der Waals surface area contributed by atoms with Crippen LogP contribution in [0.25, 0.3) is 10.9 Å². The Bertz CT molecular complexity index is 1430. The number of nitrogens with zero attached hydrogens (tertiary/aromatic N) is 2. The third-order valence-corrected chi connectivity index (χ3v) is 5.58. The first-order valence-electron chi connectivity index (χ1n) is 10.4. The molecule has 0 aliphatic rings. The number of anilines is 1. The molecule has 166 valence electrons. The summed E-state index contributed by atoms with van der Waals surface area (Å²) in [7, 11) is 1.50. The number of ketones is 1. The highest BCUT2D eigenvalue weighted by Crippen LogP contribution is 2.21. The molecule has 0 aliphatic heterocycles. The number of fused-ring (bicyclic) bond motifs is 1. The number of methoxy groups -OCH3 is 1. The van der Waals surface area contributed by atoms with Gasteiger partial charge in [-0.25, -0.2) is 0 Å². The first-order chi connectivity index (χ1) is 15.9. The highest BCUT2D eigenvalue weighted by molar-refractivity contribution is 6.10. The van der Waals surface area contributed by atoms with E-state index in [1.165, 1.54) is 25.7 Å². The number of aryl methyl sites for hydroxylation is 2. The number of amides is 1. The van der Waals surface area contributed by atoms with E-state index in [9.17, 15) is 14.4 Å². The van der Waals surface area contributed by atoms with E-state index < -0.39 is 11.2 Å². The van der Waals surface area contributed by atoms with Crippen LogP contribution in [0.4, 0.5) is 5.69 Å². The predicted molar refractivity (Wildman–Crippen MR) is 127 cm³/mol. The minimum absolute atomic E-state index is 0.0269. The molecule has 4 rings (SSSR count). The summed E-state index contributed by atoms with van der Waals surface area (Å²) >= 11 is 0. The van der Waals surface area contributed by atoms with Crippen molar-refractivity contribution in [1.29, 1.82) is 0 Å². The van der Waals surface area contributed by atoms with Gasteiger partial charge in [-0.05, 0) is 67.4 Å². The van der Waals surface area contributed by atoms with Crippen molar-refractivity contribution in [2.45, 2.75) is 20.4 Å². The van der Waals surface area contributed by atoms with Crippen molar-refractivity contribution >= 4 is 28.3 Å². The topological polar surface area (TPSA) is 90.3 Å². The summed E-state index contributed by atoms with van der Waals surface area (Å²) in [5, 5.41) is 3.18. The van der Waals surface area contributed by atoms with Gasteiger partial charge >= 0.3 is 0 Å². The number of benzene rings is 2. The lowest BCUT2D eigenvalue weighted by Crippen LogP contribution is -2.24. The van der Waals surface area contributed by atoms with Crippen LogP contribution in [0.1, 0.15) is 27.0 Å². The minimum atomic E-state index is -0.435. The third-order valence-electron chi connectivity index (χ3n) is 5.58. The van der Waals surface area contributed by atoms with Gasteiger partial charge in [0.2, 0.25) is 11.3 Å². The van der Waals surface area contributed by atoms with Crippen LogP contribution in [-0.4, -0.2) is 28.4 Å². The van der Waals surface area contributed by atoms with Crippen LogP contribution in [0, 0.1) is 13.8 Å². The minimum Gasteiger partial charge on any atom is -0.497 e. The Kier molecular flexibility index (Phi) is 6.04. The molecule has 0 radical (unpaired) electrons. The molecule has 0 aliphatic carbocycles. The van der Waals surface area contributed by atoms with Crippen LogP contribution < -0.4 is 15.5 Å². The number of aromatic nitrogens is 2. The summed E-state index contributed by atoms with van der Waals surface area (Å²) in [6, 6.07) is 13.8. The van der Waals surface area contributed by atoms with Crippen molar-refractivity contribution in [2.24, 2.45) is 0 Å². The van der Waals surface area contributed by atoms with Crippen LogP contribution in [0.15, 0.2) is 71.9 Å². The zero-order valence-electron chi connectivity index (χ0n) is 18.6. The number of hydrogen-bond donors (Lipinski definition) is 1. The van der Waals surface area contributed by atoms with Crippen molar-refractivity contribution in [3.05, 3.63) is 99.6 Å². The van der Waals surface area contributed by atoms with Crippen molar-refractivity contribution < 1.29 is 14.3 Å². The molecule has 0 saturated carbocycles. The smallest absolute Gasteiger partial charge is 0.244 e. The molecule has 0 saturated heterocycles. The zero-order valence-corrected chi connectivity index (χ0v) is 18.6. The molecule has 4 aromatic rings. The normalized spacial score (nSPS) is 10.8. The van der Waals surface area contributed by atoms with Crippen LogP contribution in [0.2, 0.25) is 0 Å². The highest BCUT2D eigenvalue weighted by atomic mass is 16.5. The zero-order chi connectivity index (χ0) is 23.5. The fraction of sp³-hybridized carbons (Fsp3) is 0.154. The van der Waals surface area contributed by atoms with E-state index in [4.69, 9.17) is 4.74 Å². The van der Waals surface area contributed by atoms with E-state index in [2.05, 4.69) is 10.3 Å². The molecular weight excluding hydrogens is 418 g/mol. The molecule has 0 unspecified atom stereocenters. The fourth-order valence-corrected chi connectivity index (χ4v) is 3.63. The summed E-state index contributed by atoms with van der Waals surface area (Å²) < 4.78 is 6.87. The van der Waals surface area contributed by atoms with Gasteiger partial charge in [0.25, 0.3) is 0 Å². The van der Waals surface area contributed by atoms with Gasteiger partial charge in [0.15, 0.2) is 5.78 Å². The summed E-state index contributed by atoms with van der Waals surface area (Å²) in [5.74, 6) is -0.226. The Morgan fingerprint density at radius 3 is 2.45 bits per heavy atom. The second-order valence-electron chi connectivity index (χ2n) is 7.80. The van der Waals surface area contributed by atoms with Crippen LogP contribution in [0.5, 0.6) is 5.75 Å². The monoisotopic (exact) mass is 441 g/mol. The third kappa shape index (κ3) is 4.52. The SMILES string of the molecule is COc1ccc2c(c1)c(=O)c(C(=O)c1ccncc1)cn2CC(=O)Nc1ccc(C)c(C)c1. The van der Waals surface area contributed by atoms with Crippen molar-refractivity contribution in [1.82, 2.24) is 9.55 Å². The van der Waals surface area contributed by atoms with Gasteiger partial charge in [-0.2, -0.15) is 0 Å². The number of carbonyl (C=O) groups excluding carboxylic acids is 2. The Morgan fingerprint density at radius 2 is 1.76 bits per heavy atom. The highest BCUT2D eigenvalue weighted by Gasteiger charge is 2.19. The van der Waals surface area contributed by atoms with Crippen molar-refractivity contribution in [3.8, 4) is 5.75 Å². The maximum Gasteiger partial charge on any atom is 0.244 e. The van der Waals surface area contributed by atoms with Gasteiger partial charge in [0.1, 0.15) is 12.3 Å². The summed E-state index contributed by atoms with van der Waals surface area (Å²) in [5.41, 5.74) is 3.31. The van der Waals surface area contributed by atoms with Crippen LogP contribution in [0.3, 0.4) is 0 Å². The summed E-state index contributed by atoms with van der Waals surface area (Å²) in [6.07, 6.45) is 4.43. The van der Waals surface area contributed by atoms with Gasteiger partial charge in [-0.1, -0.05) is 6.07 Å². The number of hydrogen-bond acceptors (Lipinski definition) is 5. The van der Waals surface area contributed by atoms with Crippen LogP contribution in [-0.2, 0) is 11.3 Å². The lowest BCUT2D eigenvalue weighted by molar-refractivity contribution is -0.116. The molecule has 0 bridgehead atoms. The number of nitrogens with one attached hydrogen (secondary N) is 1. The number of carbonyl (C=O) groups is 2. The lowest BCUT2D eigenvalue weighted by atomic mass is 10.0. The first-order valence-corrected chi connectivity index (χ1v) is 10.4. The quantitative estimate of drug-likeness (QED) is 0.459. The van der Waals surface area contributed by atoms with E-state index >= 15 is 0 Å². The second kappa shape index (κ2) is 9.08. The van der Waals surface area contributed by atoms with Crippen molar-refractivity contribution in [3.63, 3.8) is 0 Å². The first kappa shape index (κ1) is 22.0. The maximum atomic E-state index is 13.2. The Hall–Kier alpha value is -4.26. The molecule has 2 aromatic heterocycles. The van der Waals surface area contributed by atoms with E-state index in [1.54, 1.807) is 34.9 Å². The molecule has 33 heavy (non-hydrogen) atoms. The van der Waals surface area contributed by atoms with Gasteiger partial charge in [0, 0.05) is 29.8 Å². The average molecular weight is 441 g/mol. The summed E-state index contributed by atoms with van der Waals surface area (Å²) in [4.78, 5) is 43.1. The predicted octanol–water partition coefficient (Wildman–Crippen LogP) is 3.89. The Labute approximate surface area is 190 Å². The standard InChI is InChI=1S/C26H23N3O4/c1-16-4-5-19(12-17(16)2)28-24(30)15-29-14-22(25(31)18-8-10-27-11-9-18)26(32)21-13-20(33-3)6-7-23(21)29/h4-14H,15H2,1-3H3,(H,28,30). The van der Waals surface area contributed by atoms with Gasteiger partial charge in [-0.15, -0.1) is 0 Å². The molecule has 2 aromatic carbocycles. The fourth-order valence-electron chi connectivity index (χ4n) is 3.63. The molecule has 0 spiro atoms. The largest absolute Gasteiger partial charge is 0.497 e.